The summed E-state index contributed by atoms with van der Waals surface area (Å²) >= 11 is 0. The molecule has 0 aromatic heterocycles. The Morgan fingerprint density at radius 2 is 1.69 bits per heavy atom. The van der Waals surface area contributed by atoms with Crippen LogP contribution in [0.3, 0.4) is 0 Å². The zero-order valence-corrected chi connectivity index (χ0v) is 11.2. The number of rotatable bonds is 5. The van der Waals surface area contributed by atoms with Crippen molar-refractivity contribution >= 4 is 5.78 Å². The molecule has 0 N–H and O–H groups in total. The molecule has 2 heteroatoms. The zero-order chi connectivity index (χ0) is 12.1. The Kier molecular flexibility index (Phi) is 5.47. The number of hydrogen-bond acceptors (Lipinski definition) is 2. The predicted molar refractivity (Wildman–Crippen MR) is 66.4 cm³/mol. The summed E-state index contributed by atoms with van der Waals surface area (Å²) < 4.78 is 5.81. The lowest BCUT2D eigenvalue weighted by atomic mass is 9.83. The maximum atomic E-state index is 11.6. The highest BCUT2D eigenvalue weighted by molar-refractivity contribution is 5.80. The Morgan fingerprint density at radius 1 is 1.12 bits per heavy atom. The second-order valence-electron chi connectivity index (χ2n) is 5.65. The molecule has 1 aliphatic carbocycles. The standard InChI is InChI=1S/C14H26O2/c1-10(2)14(15)9-12-5-7-13(8-6-12)16-11(3)4/h10-13H,5-9H2,1-4H3. The topological polar surface area (TPSA) is 26.3 Å². The molecular formula is C14H26O2. The minimum absolute atomic E-state index is 0.199. The first-order valence-corrected chi connectivity index (χ1v) is 6.67. The van der Waals surface area contributed by atoms with Crippen LogP contribution in [0.4, 0.5) is 0 Å². The first-order chi connectivity index (χ1) is 7.49. The molecule has 0 aliphatic heterocycles. The van der Waals surface area contributed by atoms with Crippen LogP contribution in [-0.2, 0) is 9.53 Å². The molecule has 2 nitrogen and oxygen atoms in total. The highest BCUT2D eigenvalue weighted by atomic mass is 16.5. The lowest BCUT2D eigenvalue weighted by Crippen LogP contribution is -2.26. The molecule has 0 atom stereocenters. The van der Waals surface area contributed by atoms with E-state index in [1.165, 1.54) is 0 Å². The smallest absolute Gasteiger partial charge is 0.135 e. The third kappa shape index (κ3) is 4.65. The van der Waals surface area contributed by atoms with Gasteiger partial charge in [0.05, 0.1) is 12.2 Å². The van der Waals surface area contributed by atoms with Crippen LogP contribution in [0.5, 0.6) is 0 Å². The Hall–Kier alpha value is -0.370. The summed E-state index contributed by atoms with van der Waals surface area (Å²) in [5.41, 5.74) is 0. The lowest BCUT2D eigenvalue weighted by Gasteiger charge is -2.29. The van der Waals surface area contributed by atoms with Gasteiger partial charge >= 0.3 is 0 Å². The molecule has 0 heterocycles. The quantitative estimate of drug-likeness (QED) is 0.716. The van der Waals surface area contributed by atoms with Gasteiger partial charge in [0.1, 0.15) is 5.78 Å². The molecule has 0 bridgehead atoms. The van der Waals surface area contributed by atoms with Crippen molar-refractivity contribution in [2.75, 3.05) is 0 Å². The van der Waals surface area contributed by atoms with Gasteiger partial charge < -0.3 is 4.74 Å². The molecule has 0 aromatic carbocycles. The van der Waals surface area contributed by atoms with E-state index < -0.39 is 0 Å². The highest BCUT2D eigenvalue weighted by Crippen LogP contribution is 2.29. The number of carbonyl (C=O) groups is 1. The number of ketones is 1. The van der Waals surface area contributed by atoms with E-state index in [2.05, 4.69) is 13.8 Å². The van der Waals surface area contributed by atoms with Crippen molar-refractivity contribution in [1.82, 2.24) is 0 Å². The van der Waals surface area contributed by atoms with E-state index in [0.29, 0.717) is 23.9 Å². The van der Waals surface area contributed by atoms with Gasteiger partial charge in [0.2, 0.25) is 0 Å². The van der Waals surface area contributed by atoms with Crippen LogP contribution < -0.4 is 0 Å². The first kappa shape index (κ1) is 13.7. The normalized spacial score (nSPS) is 26.4. The van der Waals surface area contributed by atoms with Crippen molar-refractivity contribution in [3.05, 3.63) is 0 Å². The molecule has 0 aromatic rings. The van der Waals surface area contributed by atoms with Gasteiger partial charge in [-0.3, -0.25) is 4.79 Å². The van der Waals surface area contributed by atoms with E-state index in [1.54, 1.807) is 0 Å². The third-order valence-corrected chi connectivity index (χ3v) is 3.39. The zero-order valence-electron chi connectivity index (χ0n) is 11.2. The molecule has 94 valence electrons. The minimum Gasteiger partial charge on any atom is -0.376 e. The fraction of sp³-hybridized carbons (Fsp3) is 0.929. The van der Waals surface area contributed by atoms with E-state index >= 15 is 0 Å². The van der Waals surface area contributed by atoms with Crippen LogP contribution in [-0.4, -0.2) is 18.0 Å². The van der Waals surface area contributed by atoms with Crippen LogP contribution in [0.2, 0.25) is 0 Å². The van der Waals surface area contributed by atoms with Gasteiger partial charge in [-0.15, -0.1) is 0 Å². The number of Topliss-reactive ketones (excluding diaryl/α,β-unsaturated/α-hetero) is 1. The van der Waals surface area contributed by atoms with E-state index in [1.807, 2.05) is 13.8 Å². The fourth-order valence-electron chi connectivity index (χ4n) is 2.38. The minimum atomic E-state index is 0.199. The van der Waals surface area contributed by atoms with Crippen LogP contribution >= 0.6 is 0 Å². The van der Waals surface area contributed by atoms with E-state index in [0.717, 1.165) is 32.1 Å². The maximum absolute atomic E-state index is 11.6. The van der Waals surface area contributed by atoms with Crippen molar-refractivity contribution in [2.45, 2.75) is 72.0 Å². The van der Waals surface area contributed by atoms with Gasteiger partial charge in [-0.25, -0.2) is 0 Å². The summed E-state index contributed by atoms with van der Waals surface area (Å²) in [6.07, 6.45) is 6.14. The number of hydrogen-bond donors (Lipinski definition) is 0. The van der Waals surface area contributed by atoms with Gasteiger partial charge in [0.25, 0.3) is 0 Å². The highest BCUT2D eigenvalue weighted by Gasteiger charge is 2.24. The lowest BCUT2D eigenvalue weighted by molar-refractivity contribution is -0.123. The SMILES string of the molecule is CC(C)OC1CCC(CC(=O)C(C)C)CC1. The van der Waals surface area contributed by atoms with Crippen molar-refractivity contribution < 1.29 is 9.53 Å². The molecule has 1 saturated carbocycles. The van der Waals surface area contributed by atoms with E-state index in [9.17, 15) is 4.79 Å². The summed E-state index contributed by atoms with van der Waals surface area (Å²) in [7, 11) is 0. The van der Waals surface area contributed by atoms with Gasteiger partial charge in [-0.1, -0.05) is 13.8 Å². The second kappa shape index (κ2) is 6.39. The average molecular weight is 226 g/mol. The largest absolute Gasteiger partial charge is 0.376 e. The molecule has 1 fully saturated rings. The third-order valence-electron chi connectivity index (χ3n) is 3.39. The molecule has 1 aliphatic rings. The van der Waals surface area contributed by atoms with Crippen molar-refractivity contribution in [1.29, 1.82) is 0 Å². The summed E-state index contributed by atoms with van der Waals surface area (Å²) in [5, 5.41) is 0. The van der Waals surface area contributed by atoms with Gasteiger partial charge in [-0.2, -0.15) is 0 Å². The predicted octanol–water partition coefficient (Wildman–Crippen LogP) is 3.59. The van der Waals surface area contributed by atoms with Crippen molar-refractivity contribution in [3.63, 3.8) is 0 Å². The molecular weight excluding hydrogens is 200 g/mol. The van der Waals surface area contributed by atoms with Crippen LogP contribution in [0, 0.1) is 11.8 Å². The van der Waals surface area contributed by atoms with Gasteiger partial charge in [0.15, 0.2) is 0 Å². The summed E-state index contributed by atoms with van der Waals surface area (Å²) in [6.45, 7) is 8.18. The molecule has 0 spiro atoms. The Balaban J connectivity index is 2.24. The summed E-state index contributed by atoms with van der Waals surface area (Å²) in [4.78, 5) is 11.6. The van der Waals surface area contributed by atoms with E-state index in [4.69, 9.17) is 4.74 Å². The molecule has 0 radical (unpaired) electrons. The summed E-state index contributed by atoms with van der Waals surface area (Å²) in [5.74, 6) is 1.24. The Bertz CT molecular complexity index is 213. The monoisotopic (exact) mass is 226 g/mol. The average Bonchev–Trinajstić information content (AvgIpc) is 2.20. The van der Waals surface area contributed by atoms with Gasteiger partial charge in [-0.05, 0) is 45.4 Å². The molecule has 0 saturated heterocycles. The maximum Gasteiger partial charge on any atom is 0.135 e. The van der Waals surface area contributed by atoms with Crippen molar-refractivity contribution in [2.24, 2.45) is 11.8 Å². The Morgan fingerprint density at radius 3 is 2.12 bits per heavy atom. The van der Waals surface area contributed by atoms with Crippen molar-refractivity contribution in [3.8, 4) is 0 Å². The second-order valence-corrected chi connectivity index (χ2v) is 5.65. The molecule has 1 rings (SSSR count). The van der Waals surface area contributed by atoms with Crippen LogP contribution in [0.15, 0.2) is 0 Å². The van der Waals surface area contributed by atoms with Gasteiger partial charge in [0, 0.05) is 12.3 Å². The first-order valence-electron chi connectivity index (χ1n) is 6.67. The summed E-state index contributed by atoms with van der Waals surface area (Å²) in [6, 6.07) is 0. The number of carbonyl (C=O) groups excluding carboxylic acids is 1. The van der Waals surface area contributed by atoms with E-state index in [-0.39, 0.29) is 5.92 Å². The molecule has 0 amide bonds. The fourth-order valence-corrected chi connectivity index (χ4v) is 2.38. The van der Waals surface area contributed by atoms with Crippen LogP contribution in [0.25, 0.3) is 0 Å². The van der Waals surface area contributed by atoms with Crippen LogP contribution in [0.1, 0.15) is 59.8 Å². The Labute approximate surface area is 99.8 Å². The molecule has 16 heavy (non-hydrogen) atoms. The number of ether oxygens (including phenoxy) is 1. The molecule has 0 unspecified atom stereocenters.